The molecule has 4 atom stereocenters. The van der Waals surface area contributed by atoms with Crippen LogP contribution in [0.3, 0.4) is 0 Å². The highest BCUT2D eigenvalue weighted by Gasteiger charge is 2.57. The maximum Gasteiger partial charge on any atom is 0.224 e. The van der Waals surface area contributed by atoms with Crippen LogP contribution in [0, 0.1) is 17.8 Å². The summed E-state index contributed by atoms with van der Waals surface area (Å²) in [5.74, 6) is 2.69. The van der Waals surface area contributed by atoms with E-state index in [0.29, 0.717) is 6.42 Å². The second-order valence-electron chi connectivity index (χ2n) is 7.61. The van der Waals surface area contributed by atoms with Gasteiger partial charge in [0.1, 0.15) is 0 Å². The zero-order chi connectivity index (χ0) is 13.9. The summed E-state index contributed by atoms with van der Waals surface area (Å²) >= 11 is 0. The first-order valence-corrected chi connectivity index (χ1v) is 8.35. The standard InChI is InChI=1S/C17H26N2O/c1-11-8-12-9-15-14(5-6-16(20)18-15)17(10-11)13(12)4-3-7-19(17)2/h11-13H,3-10H2,1-2H3,(H,18,20)/t11?,12?,13-,17-/m1/s1. The molecule has 2 bridgehead atoms. The summed E-state index contributed by atoms with van der Waals surface area (Å²) in [5, 5.41) is 3.22. The second kappa shape index (κ2) is 4.33. The fourth-order valence-corrected chi connectivity index (χ4v) is 5.91. The van der Waals surface area contributed by atoms with E-state index in [2.05, 4.69) is 24.2 Å². The van der Waals surface area contributed by atoms with Gasteiger partial charge in [0.2, 0.25) is 5.91 Å². The largest absolute Gasteiger partial charge is 0.330 e. The van der Waals surface area contributed by atoms with Crippen molar-refractivity contribution in [3.05, 3.63) is 11.3 Å². The van der Waals surface area contributed by atoms with E-state index in [-0.39, 0.29) is 11.4 Å². The summed E-state index contributed by atoms with van der Waals surface area (Å²) in [6.07, 6.45) is 8.23. The zero-order valence-corrected chi connectivity index (χ0v) is 12.7. The van der Waals surface area contributed by atoms with Gasteiger partial charge in [0.15, 0.2) is 0 Å². The first-order chi connectivity index (χ1) is 9.61. The maximum absolute atomic E-state index is 11.8. The van der Waals surface area contributed by atoms with Gasteiger partial charge in [0.25, 0.3) is 0 Å². The first-order valence-electron chi connectivity index (χ1n) is 8.35. The van der Waals surface area contributed by atoms with Crippen molar-refractivity contribution in [3.63, 3.8) is 0 Å². The lowest BCUT2D eigenvalue weighted by atomic mass is 9.52. The predicted octanol–water partition coefficient (Wildman–Crippen LogP) is 2.68. The number of allylic oxidation sites excluding steroid dienone is 1. The minimum Gasteiger partial charge on any atom is -0.330 e. The van der Waals surface area contributed by atoms with E-state index >= 15 is 0 Å². The molecule has 1 amide bonds. The molecule has 2 fully saturated rings. The van der Waals surface area contributed by atoms with E-state index < -0.39 is 0 Å². The molecule has 1 saturated carbocycles. The number of likely N-dealkylation sites (tertiary alicyclic amines) is 1. The second-order valence-corrected chi connectivity index (χ2v) is 7.61. The third-order valence-corrected chi connectivity index (χ3v) is 6.48. The van der Waals surface area contributed by atoms with Gasteiger partial charge in [0, 0.05) is 17.7 Å². The van der Waals surface area contributed by atoms with Gasteiger partial charge in [-0.15, -0.1) is 0 Å². The summed E-state index contributed by atoms with van der Waals surface area (Å²) in [5.41, 5.74) is 3.19. The lowest BCUT2D eigenvalue weighted by molar-refractivity contribution is -0.122. The average Bonchev–Trinajstić information content (AvgIpc) is 2.39. The summed E-state index contributed by atoms with van der Waals surface area (Å²) in [4.78, 5) is 14.4. The average molecular weight is 274 g/mol. The molecular formula is C17H26N2O. The molecule has 2 heterocycles. The van der Waals surface area contributed by atoms with Gasteiger partial charge in [-0.05, 0) is 75.4 Å². The molecule has 4 rings (SSSR count). The predicted molar refractivity (Wildman–Crippen MR) is 79.0 cm³/mol. The number of amides is 1. The van der Waals surface area contributed by atoms with Crippen LogP contribution in [0.15, 0.2) is 11.3 Å². The number of likely N-dealkylation sites (N-methyl/N-ethyl adjacent to an activating group) is 1. The molecule has 2 aliphatic carbocycles. The Morgan fingerprint density at radius 3 is 3.05 bits per heavy atom. The van der Waals surface area contributed by atoms with E-state index in [1.807, 2.05) is 0 Å². The lowest BCUT2D eigenvalue weighted by Gasteiger charge is -2.62. The van der Waals surface area contributed by atoms with Crippen molar-refractivity contribution in [3.8, 4) is 0 Å². The fraction of sp³-hybridized carbons (Fsp3) is 0.824. The van der Waals surface area contributed by atoms with Crippen LogP contribution < -0.4 is 5.32 Å². The Balaban J connectivity index is 1.85. The van der Waals surface area contributed by atoms with Crippen LogP contribution in [0.4, 0.5) is 0 Å². The van der Waals surface area contributed by atoms with Gasteiger partial charge in [-0.1, -0.05) is 6.92 Å². The summed E-state index contributed by atoms with van der Waals surface area (Å²) < 4.78 is 0. The van der Waals surface area contributed by atoms with Crippen molar-refractivity contribution in [1.82, 2.24) is 10.2 Å². The molecule has 1 saturated heterocycles. The minimum atomic E-state index is 0.239. The Kier molecular flexibility index (Phi) is 2.79. The highest BCUT2D eigenvalue weighted by Crippen LogP contribution is 2.58. The molecule has 0 aromatic carbocycles. The van der Waals surface area contributed by atoms with E-state index in [9.17, 15) is 4.79 Å². The third-order valence-electron chi connectivity index (χ3n) is 6.48. The molecule has 0 spiro atoms. The van der Waals surface area contributed by atoms with Crippen molar-refractivity contribution < 1.29 is 4.79 Å². The topological polar surface area (TPSA) is 32.3 Å². The van der Waals surface area contributed by atoms with Crippen molar-refractivity contribution in [2.45, 2.75) is 57.4 Å². The SMILES string of the molecule is CC1CC2CC3=C(CCC(=O)N3)[C@@]3(C1)[C@@H]2CCCN3C. The number of piperidine rings is 1. The van der Waals surface area contributed by atoms with Crippen LogP contribution in [0.1, 0.15) is 51.9 Å². The fourth-order valence-electron chi connectivity index (χ4n) is 5.91. The Hall–Kier alpha value is -0.830. The van der Waals surface area contributed by atoms with Crippen LogP contribution in [-0.4, -0.2) is 29.9 Å². The van der Waals surface area contributed by atoms with Crippen molar-refractivity contribution >= 4 is 5.91 Å². The molecule has 0 radical (unpaired) electrons. The maximum atomic E-state index is 11.8. The Bertz CT molecular complexity index is 483. The highest BCUT2D eigenvalue weighted by molar-refractivity contribution is 5.80. The van der Waals surface area contributed by atoms with E-state index in [1.165, 1.54) is 37.9 Å². The molecule has 110 valence electrons. The minimum absolute atomic E-state index is 0.239. The van der Waals surface area contributed by atoms with Crippen LogP contribution >= 0.6 is 0 Å². The summed E-state index contributed by atoms with van der Waals surface area (Å²) in [6, 6.07) is 0. The van der Waals surface area contributed by atoms with Crippen LogP contribution in [0.25, 0.3) is 0 Å². The molecular weight excluding hydrogens is 248 g/mol. The van der Waals surface area contributed by atoms with E-state index in [0.717, 1.165) is 30.6 Å². The number of hydrogen-bond donors (Lipinski definition) is 1. The molecule has 2 aliphatic heterocycles. The van der Waals surface area contributed by atoms with Crippen LogP contribution in [0.2, 0.25) is 0 Å². The van der Waals surface area contributed by atoms with Gasteiger partial charge in [-0.3, -0.25) is 9.69 Å². The summed E-state index contributed by atoms with van der Waals surface area (Å²) in [7, 11) is 2.33. The molecule has 0 aromatic heterocycles. The quantitative estimate of drug-likeness (QED) is 0.736. The Labute approximate surface area is 121 Å². The van der Waals surface area contributed by atoms with Crippen LogP contribution in [-0.2, 0) is 4.79 Å². The molecule has 20 heavy (non-hydrogen) atoms. The number of carbonyl (C=O) groups is 1. The molecule has 1 N–H and O–H groups in total. The Morgan fingerprint density at radius 2 is 2.20 bits per heavy atom. The normalized spacial score (nSPS) is 44.7. The zero-order valence-electron chi connectivity index (χ0n) is 12.7. The van der Waals surface area contributed by atoms with Crippen LogP contribution in [0.5, 0.6) is 0 Å². The monoisotopic (exact) mass is 274 g/mol. The van der Waals surface area contributed by atoms with E-state index in [4.69, 9.17) is 0 Å². The molecule has 3 nitrogen and oxygen atoms in total. The van der Waals surface area contributed by atoms with Gasteiger partial charge >= 0.3 is 0 Å². The Morgan fingerprint density at radius 1 is 1.35 bits per heavy atom. The van der Waals surface area contributed by atoms with Crippen molar-refractivity contribution in [1.29, 1.82) is 0 Å². The number of carbonyl (C=O) groups excluding carboxylic acids is 1. The molecule has 3 heteroatoms. The number of nitrogens with zero attached hydrogens (tertiary/aromatic N) is 1. The highest BCUT2D eigenvalue weighted by atomic mass is 16.1. The lowest BCUT2D eigenvalue weighted by Crippen LogP contribution is -2.64. The molecule has 2 unspecified atom stereocenters. The van der Waals surface area contributed by atoms with Crippen molar-refractivity contribution in [2.75, 3.05) is 13.6 Å². The number of hydrogen-bond acceptors (Lipinski definition) is 2. The van der Waals surface area contributed by atoms with Gasteiger partial charge in [0.05, 0.1) is 0 Å². The summed E-state index contributed by atoms with van der Waals surface area (Å²) in [6.45, 7) is 3.65. The first kappa shape index (κ1) is 12.9. The third kappa shape index (κ3) is 1.59. The smallest absolute Gasteiger partial charge is 0.224 e. The van der Waals surface area contributed by atoms with Crippen molar-refractivity contribution in [2.24, 2.45) is 17.8 Å². The van der Waals surface area contributed by atoms with Gasteiger partial charge < -0.3 is 5.32 Å². The molecule has 0 aromatic rings. The molecule has 4 aliphatic rings. The number of nitrogens with one attached hydrogen (secondary N) is 1. The van der Waals surface area contributed by atoms with Gasteiger partial charge in [-0.25, -0.2) is 0 Å². The number of rotatable bonds is 0. The van der Waals surface area contributed by atoms with Gasteiger partial charge in [-0.2, -0.15) is 0 Å². The van der Waals surface area contributed by atoms with E-state index in [1.54, 1.807) is 5.57 Å².